The van der Waals surface area contributed by atoms with Crippen molar-refractivity contribution in [2.45, 2.75) is 20.0 Å². The molecule has 0 spiro atoms. The van der Waals surface area contributed by atoms with Gasteiger partial charge in [0.1, 0.15) is 0 Å². The van der Waals surface area contributed by atoms with Crippen molar-refractivity contribution >= 4 is 22.6 Å². The Morgan fingerprint density at radius 2 is 1.82 bits per heavy atom. The number of halogens is 1. The first-order valence-electron chi connectivity index (χ1n) is 5.62. The molecule has 1 heterocycles. The molecule has 2 rings (SSSR count). The number of rotatable bonds is 4. The number of aromatic nitrogens is 1. The van der Waals surface area contributed by atoms with E-state index in [-0.39, 0.29) is 0 Å². The average molecular weight is 338 g/mol. The highest BCUT2D eigenvalue weighted by atomic mass is 127. The van der Waals surface area contributed by atoms with Crippen molar-refractivity contribution in [3.8, 4) is 0 Å². The third-order valence-corrected chi connectivity index (χ3v) is 3.21. The first kappa shape index (κ1) is 12.5. The van der Waals surface area contributed by atoms with Crippen LogP contribution in [0.5, 0.6) is 0 Å². The van der Waals surface area contributed by atoms with Crippen LogP contribution >= 0.6 is 22.6 Å². The van der Waals surface area contributed by atoms with Crippen molar-refractivity contribution in [1.82, 2.24) is 10.3 Å². The molecule has 0 aliphatic heterocycles. The molecule has 0 aliphatic rings. The molecule has 2 nitrogen and oxygen atoms in total. The van der Waals surface area contributed by atoms with Crippen LogP contribution < -0.4 is 5.32 Å². The molecule has 0 fully saturated rings. The van der Waals surface area contributed by atoms with Gasteiger partial charge in [-0.2, -0.15) is 0 Å². The number of nitrogens with one attached hydrogen (secondary N) is 1. The van der Waals surface area contributed by atoms with Crippen LogP contribution in [0.2, 0.25) is 0 Å². The molecule has 0 unspecified atom stereocenters. The van der Waals surface area contributed by atoms with Crippen LogP contribution in [0, 0.1) is 10.5 Å². The minimum absolute atomic E-state index is 0.813. The highest BCUT2D eigenvalue weighted by molar-refractivity contribution is 14.1. The van der Waals surface area contributed by atoms with Gasteiger partial charge >= 0.3 is 0 Å². The Kier molecular flexibility index (Phi) is 4.50. The zero-order chi connectivity index (χ0) is 12.1. The average Bonchev–Trinajstić information content (AvgIpc) is 2.32. The summed E-state index contributed by atoms with van der Waals surface area (Å²) in [6.45, 7) is 3.71. The summed E-state index contributed by atoms with van der Waals surface area (Å²) in [5.74, 6) is 0. The molecule has 0 atom stereocenters. The lowest BCUT2D eigenvalue weighted by molar-refractivity contribution is 0.678. The van der Waals surface area contributed by atoms with E-state index in [0.717, 1.165) is 24.5 Å². The molecule has 1 N–H and O–H groups in total. The lowest BCUT2D eigenvalue weighted by atomic mass is 10.2. The number of hydrogen-bond acceptors (Lipinski definition) is 2. The van der Waals surface area contributed by atoms with Crippen molar-refractivity contribution in [3.63, 3.8) is 0 Å². The van der Waals surface area contributed by atoms with E-state index in [2.05, 4.69) is 57.2 Å². The molecule has 0 saturated carbocycles. The minimum atomic E-state index is 0.813. The second-order valence-corrected chi connectivity index (χ2v) is 5.25. The van der Waals surface area contributed by atoms with Gasteiger partial charge in [-0.3, -0.25) is 4.98 Å². The Morgan fingerprint density at radius 3 is 2.53 bits per heavy atom. The van der Waals surface area contributed by atoms with Gasteiger partial charge in [0.25, 0.3) is 0 Å². The highest BCUT2D eigenvalue weighted by Gasteiger charge is 1.96. The van der Waals surface area contributed by atoms with Crippen molar-refractivity contribution < 1.29 is 0 Å². The van der Waals surface area contributed by atoms with Crippen LogP contribution in [0.4, 0.5) is 0 Å². The summed E-state index contributed by atoms with van der Waals surface area (Å²) in [5, 5.41) is 3.40. The van der Waals surface area contributed by atoms with Crippen molar-refractivity contribution in [2.75, 3.05) is 0 Å². The molecule has 1 aromatic heterocycles. The van der Waals surface area contributed by atoms with Crippen LogP contribution in [0.3, 0.4) is 0 Å². The maximum Gasteiger partial charge on any atom is 0.0544 e. The standard InChI is InChI=1S/C14H15IN2/c1-11-3-2-4-14(17-11)10-16-9-12-5-7-13(15)8-6-12/h2-8,16H,9-10H2,1H3. The first-order valence-corrected chi connectivity index (χ1v) is 6.69. The van der Waals surface area contributed by atoms with E-state index in [0.29, 0.717) is 0 Å². The van der Waals surface area contributed by atoms with Gasteiger partial charge in [0.15, 0.2) is 0 Å². The number of nitrogens with zero attached hydrogens (tertiary/aromatic N) is 1. The fourth-order valence-electron chi connectivity index (χ4n) is 1.64. The minimum Gasteiger partial charge on any atom is -0.307 e. The molecule has 2 aromatic rings. The molecule has 0 saturated heterocycles. The second-order valence-electron chi connectivity index (χ2n) is 4.00. The van der Waals surface area contributed by atoms with Gasteiger partial charge in [-0.25, -0.2) is 0 Å². The van der Waals surface area contributed by atoms with Gasteiger partial charge < -0.3 is 5.32 Å². The smallest absolute Gasteiger partial charge is 0.0544 e. The Hall–Kier alpha value is -0.940. The Labute approximate surface area is 116 Å². The lowest BCUT2D eigenvalue weighted by Crippen LogP contribution is -2.13. The SMILES string of the molecule is Cc1cccc(CNCc2ccc(I)cc2)n1. The van der Waals surface area contributed by atoms with E-state index in [9.17, 15) is 0 Å². The lowest BCUT2D eigenvalue weighted by Gasteiger charge is -2.05. The molecular weight excluding hydrogens is 323 g/mol. The van der Waals surface area contributed by atoms with Crippen LogP contribution in [-0.4, -0.2) is 4.98 Å². The highest BCUT2D eigenvalue weighted by Crippen LogP contribution is 2.06. The van der Waals surface area contributed by atoms with Crippen LogP contribution in [-0.2, 0) is 13.1 Å². The maximum atomic E-state index is 4.45. The van der Waals surface area contributed by atoms with E-state index in [1.807, 2.05) is 25.1 Å². The second kappa shape index (κ2) is 6.12. The molecular formula is C14H15IN2. The van der Waals surface area contributed by atoms with Crippen molar-refractivity contribution in [3.05, 3.63) is 63.0 Å². The summed E-state index contributed by atoms with van der Waals surface area (Å²) in [6, 6.07) is 14.7. The summed E-state index contributed by atoms with van der Waals surface area (Å²) in [5.41, 5.74) is 3.46. The number of hydrogen-bond donors (Lipinski definition) is 1. The molecule has 88 valence electrons. The summed E-state index contributed by atoms with van der Waals surface area (Å²) in [7, 11) is 0. The molecule has 0 aliphatic carbocycles. The summed E-state index contributed by atoms with van der Waals surface area (Å²) in [6.07, 6.45) is 0. The Morgan fingerprint density at radius 1 is 1.06 bits per heavy atom. The van der Waals surface area contributed by atoms with Gasteiger partial charge in [-0.1, -0.05) is 18.2 Å². The van der Waals surface area contributed by atoms with E-state index in [4.69, 9.17) is 0 Å². The third kappa shape index (κ3) is 4.09. The fourth-order valence-corrected chi connectivity index (χ4v) is 1.99. The van der Waals surface area contributed by atoms with Gasteiger partial charge in [0, 0.05) is 22.4 Å². The predicted octanol–water partition coefficient (Wildman–Crippen LogP) is 3.28. The van der Waals surface area contributed by atoms with E-state index in [1.54, 1.807) is 0 Å². The number of aryl methyl sites for hydroxylation is 1. The van der Waals surface area contributed by atoms with Crippen molar-refractivity contribution in [1.29, 1.82) is 0 Å². The third-order valence-electron chi connectivity index (χ3n) is 2.49. The zero-order valence-corrected chi connectivity index (χ0v) is 11.9. The van der Waals surface area contributed by atoms with Crippen molar-refractivity contribution in [2.24, 2.45) is 0 Å². The molecule has 0 amide bonds. The van der Waals surface area contributed by atoms with Gasteiger partial charge in [-0.05, 0) is 59.3 Å². The Balaban J connectivity index is 1.85. The van der Waals surface area contributed by atoms with Crippen LogP contribution in [0.1, 0.15) is 17.0 Å². The Bertz CT molecular complexity index is 480. The first-order chi connectivity index (χ1) is 8.24. The van der Waals surface area contributed by atoms with Crippen LogP contribution in [0.25, 0.3) is 0 Å². The zero-order valence-electron chi connectivity index (χ0n) is 9.78. The predicted molar refractivity (Wildman–Crippen MR) is 78.7 cm³/mol. The molecule has 1 aromatic carbocycles. The fraction of sp³-hybridized carbons (Fsp3) is 0.214. The van der Waals surface area contributed by atoms with Gasteiger partial charge in [-0.15, -0.1) is 0 Å². The monoisotopic (exact) mass is 338 g/mol. The molecule has 0 bridgehead atoms. The number of benzene rings is 1. The summed E-state index contributed by atoms with van der Waals surface area (Å²) in [4.78, 5) is 4.45. The normalized spacial score (nSPS) is 10.5. The van der Waals surface area contributed by atoms with Crippen LogP contribution in [0.15, 0.2) is 42.5 Å². The quantitative estimate of drug-likeness (QED) is 0.866. The maximum absolute atomic E-state index is 4.45. The molecule has 0 radical (unpaired) electrons. The van der Waals surface area contributed by atoms with E-state index >= 15 is 0 Å². The van der Waals surface area contributed by atoms with E-state index in [1.165, 1.54) is 9.13 Å². The van der Waals surface area contributed by atoms with Gasteiger partial charge in [0.2, 0.25) is 0 Å². The summed E-state index contributed by atoms with van der Waals surface area (Å²) < 4.78 is 1.27. The topological polar surface area (TPSA) is 24.9 Å². The van der Waals surface area contributed by atoms with E-state index < -0.39 is 0 Å². The van der Waals surface area contributed by atoms with Gasteiger partial charge in [0.05, 0.1) is 5.69 Å². The number of pyridine rings is 1. The molecule has 3 heteroatoms. The summed E-state index contributed by atoms with van der Waals surface area (Å²) >= 11 is 2.32. The molecule has 17 heavy (non-hydrogen) atoms. The largest absolute Gasteiger partial charge is 0.307 e.